The van der Waals surface area contributed by atoms with Gasteiger partial charge in [-0.3, -0.25) is 9.78 Å². The van der Waals surface area contributed by atoms with Crippen molar-refractivity contribution >= 4 is 11.6 Å². The van der Waals surface area contributed by atoms with Gasteiger partial charge in [0.05, 0.1) is 0 Å². The smallest absolute Gasteiger partial charge is 0.242 e. The van der Waals surface area contributed by atoms with Gasteiger partial charge >= 0.3 is 0 Å². The van der Waals surface area contributed by atoms with Crippen LogP contribution in [0.5, 0.6) is 0 Å². The van der Waals surface area contributed by atoms with Crippen molar-refractivity contribution in [2.45, 2.75) is 26.0 Å². The zero-order chi connectivity index (χ0) is 11.8. The van der Waals surface area contributed by atoms with Crippen LogP contribution in [0.25, 0.3) is 0 Å². The monoisotopic (exact) mass is 219 g/mol. The molecule has 2 rings (SSSR count). The minimum atomic E-state index is -1.36. The summed E-state index contributed by atoms with van der Waals surface area (Å²) in [6, 6.07) is 3.37. The van der Waals surface area contributed by atoms with Crippen LogP contribution in [0.2, 0.25) is 0 Å². The number of pyridine rings is 1. The van der Waals surface area contributed by atoms with Crippen LogP contribution in [0.15, 0.2) is 29.6 Å². The molecule has 0 bridgehead atoms. The minimum Gasteiger partial charge on any atom is -0.365 e. The van der Waals surface area contributed by atoms with Crippen LogP contribution < -0.4 is 0 Å². The number of nitrogens with zero attached hydrogens (tertiary/aromatic N) is 3. The summed E-state index contributed by atoms with van der Waals surface area (Å²) in [6.45, 7) is 3.17. The van der Waals surface area contributed by atoms with Gasteiger partial charge in [-0.15, -0.1) is 0 Å². The Bertz CT molecular complexity index is 444. The highest BCUT2D eigenvalue weighted by molar-refractivity contribution is 5.88. The van der Waals surface area contributed by atoms with E-state index in [-0.39, 0.29) is 5.91 Å². The fraction of sp³-hybridized carbons (Fsp3) is 0.364. The first-order valence-corrected chi connectivity index (χ1v) is 5.02. The standard InChI is InChI=1S/C11H13N3O2/c1-8-7-11(16,14(13-8)9(2)15)10-3-5-12-6-4-10/h3-6,16H,7H2,1-2H3. The minimum absolute atomic E-state index is 0.281. The molecule has 1 aliphatic rings. The molecule has 1 N–H and O–H groups in total. The Morgan fingerprint density at radius 1 is 1.50 bits per heavy atom. The molecule has 5 heteroatoms. The Kier molecular flexibility index (Phi) is 2.47. The molecule has 16 heavy (non-hydrogen) atoms. The average Bonchev–Trinajstić information content (AvgIpc) is 2.57. The number of aliphatic hydroxyl groups is 1. The zero-order valence-electron chi connectivity index (χ0n) is 9.21. The highest BCUT2D eigenvalue weighted by Crippen LogP contribution is 2.34. The number of carbonyl (C=O) groups is 1. The number of rotatable bonds is 1. The molecule has 1 aromatic rings. The number of aromatic nitrogens is 1. The molecule has 0 radical (unpaired) electrons. The van der Waals surface area contributed by atoms with Crippen LogP contribution in [-0.4, -0.2) is 26.7 Å². The molecule has 2 heterocycles. The van der Waals surface area contributed by atoms with Gasteiger partial charge in [0.2, 0.25) is 5.91 Å². The van der Waals surface area contributed by atoms with Crippen LogP contribution in [0.4, 0.5) is 0 Å². The maximum Gasteiger partial charge on any atom is 0.242 e. The summed E-state index contributed by atoms with van der Waals surface area (Å²) in [5.41, 5.74) is -0.00779. The van der Waals surface area contributed by atoms with Gasteiger partial charge in [0.15, 0.2) is 5.72 Å². The van der Waals surface area contributed by atoms with Crippen molar-refractivity contribution < 1.29 is 9.90 Å². The molecule has 0 saturated heterocycles. The lowest BCUT2D eigenvalue weighted by atomic mass is 9.99. The normalized spacial score (nSPS) is 24.4. The highest BCUT2D eigenvalue weighted by atomic mass is 16.3. The number of hydrogen-bond acceptors (Lipinski definition) is 4. The summed E-state index contributed by atoms with van der Waals surface area (Å²) >= 11 is 0. The number of hydrogen-bond donors (Lipinski definition) is 1. The molecule has 1 atom stereocenters. The largest absolute Gasteiger partial charge is 0.365 e. The Morgan fingerprint density at radius 3 is 2.69 bits per heavy atom. The molecule has 1 aliphatic heterocycles. The second-order valence-corrected chi connectivity index (χ2v) is 3.90. The molecule has 0 aliphatic carbocycles. The molecule has 5 nitrogen and oxygen atoms in total. The fourth-order valence-electron chi connectivity index (χ4n) is 1.89. The predicted molar refractivity (Wildman–Crippen MR) is 58.4 cm³/mol. The van der Waals surface area contributed by atoms with E-state index in [9.17, 15) is 9.90 Å². The summed E-state index contributed by atoms with van der Waals surface area (Å²) in [6.07, 6.45) is 3.50. The van der Waals surface area contributed by atoms with Crippen LogP contribution >= 0.6 is 0 Å². The quantitative estimate of drug-likeness (QED) is 0.761. The summed E-state index contributed by atoms with van der Waals surface area (Å²) in [7, 11) is 0. The summed E-state index contributed by atoms with van der Waals surface area (Å²) in [5.74, 6) is -0.281. The number of carbonyl (C=O) groups excluding carboxylic acids is 1. The summed E-state index contributed by atoms with van der Waals surface area (Å²) in [5, 5.41) is 15.7. The molecule has 0 saturated carbocycles. The molecule has 84 valence electrons. The van der Waals surface area contributed by atoms with Crippen molar-refractivity contribution in [1.82, 2.24) is 9.99 Å². The maximum absolute atomic E-state index is 11.4. The van der Waals surface area contributed by atoms with E-state index in [0.29, 0.717) is 12.0 Å². The first-order chi connectivity index (χ1) is 7.54. The van der Waals surface area contributed by atoms with Gasteiger partial charge < -0.3 is 5.11 Å². The van der Waals surface area contributed by atoms with Gasteiger partial charge in [-0.1, -0.05) is 0 Å². The van der Waals surface area contributed by atoms with Gasteiger partial charge in [-0.2, -0.15) is 10.1 Å². The number of amides is 1. The average molecular weight is 219 g/mol. The Balaban J connectivity index is 2.43. The van der Waals surface area contributed by atoms with E-state index in [1.807, 2.05) is 0 Å². The zero-order valence-corrected chi connectivity index (χ0v) is 9.21. The third-order valence-corrected chi connectivity index (χ3v) is 2.56. The molecule has 1 aromatic heterocycles. The Labute approximate surface area is 93.4 Å². The second kappa shape index (κ2) is 3.68. The van der Waals surface area contributed by atoms with Crippen molar-refractivity contribution in [3.63, 3.8) is 0 Å². The highest BCUT2D eigenvalue weighted by Gasteiger charge is 2.43. The third kappa shape index (κ3) is 1.59. The molecule has 0 spiro atoms. The van der Waals surface area contributed by atoms with E-state index in [0.717, 1.165) is 10.7 Å². The lowest BCUT2D eigenvalue weighted by Crippen LogP contribution is -2.42. The van der Waals surface area contributed by atoms with Gasteiger partial charge in [0.25, 0.3) is 0 Å². The molecule has 1 unspecified atom stereocenters. The van der Waals surface area contributed by atoms with Crippen LogP contribution in [0.3, 0.4) is 0 Å². The van der Waals surface area contributed by atoms with Crippen molar-refractivity contribution in [3.05, 3.63) is 30.1 Å². The van der Waals surface area contributed by atoms with E-state index in [1.165, 1.54) is 6.92 Å². The van der Waals surface area contributed by atoms with Crippen molar-refractivity contribution in [3.8, 4) is 0 Å². The van der Waals surface area contributed by atoms with Gasteiger partial charge in [-0.05, 0) is 19.1 Å². The Hall–Kier alpha value is -1.75. The lowest BCUT2D eigenvalue weighted by molar-refractivity contribution is -0.155. The molecule has 0 fully saturated rings. The van der Waals surface area contributed by atoms with E-state index >= 15 is 0 Å². The third-order valence-electron chi connectivity index (χ3n) is 2.56. The topological polar surface area (TPSA) is 65.8 Å². The van der Waals surface area contributed by atoms with Crippen molar-refractivity contribution in [2.24, 2.45) is 5.10 Å². The van der Waals surface area contributed by atoms with Gasteiger partial charge in [0.1, 0.15) is 0 Å². The second-order valence-electron chi connectivity index (χ2n) is 3.90. The van der Waals surface area contributed by atoms with Crippen LogP contribution in [-0.2, 0) is 10.5 Å². The summed E-state index contributed by atoms with van der Waals surface area (Å²) in [4.78, 5) is 15.3. The number of hydrazone groups is 1. The summed E-state index contributed by atoms with van der Waals surface area (Å²) < 4.78 is 0. The SMILES string of the molecule is CC(=O)N1N=C(C)CC1(O)c1ccncc1. The molecular formula is C11H13N3O2. The van der Waals surface area contributed by atoms with E-state index in [4.69, 9.17) is 0 Å². The predicted octanol–water partition coefficient (Wildman–Crippen LogP) is 0.855. The van der Waals surface area contributed by atoms with Crippen molar-refractivity contribution in [1.29, 1.82) is 0 Å². The van der Waals surface area contributed by atoms with Gasteiger partial charge in [-0.25, -0.2) is 0 Å². The Morgan fingerprint density at radius 2 is 2.12 bits per heavy atom. The van der Waals surface area contributed by atoms with Gasteiger partial charge in [0, 0.05) is 37.0 Å². The first kappa shape index (κ1) is 10.8. The van der Waals surface area contributed by atoms with Crippen LogP contribution in [0, 0.1) is 0 Å². The molecular weight excluding hydrogens is 206 g/mol. The fourth-order valence-corrected chi connectivity index (χ4v) is 1.89. The maximum atomic E-state index is 11.4. The molecule has 0 aromatic carbocycles. The van der Waals surface area contributed by atoms with E-state index < -0.39 is 5.72 Å². The first-order valence-electron chi connectivity index (χ1n) is 5.02. The van der Waals surface area contributed by atoms with Crippen molar-refractivity contribution in [2.75, 3.05) is 0 Å². The lowest BCUT2D eigenvalue weighted by Gasteiger charge is -2.30. The van der Waals surface area contributed by atoms with E-state index in [2.05, 4.69) is 10.1 Å². The van der Waals surface area contributed by atoms with E-state index in [1.54, 1.807) is 31.5 Å². The van der Waals surface area contributed by atoms with Crippen LogP contribution in [0.1, 0.15) is 25.8 Å². The molecule has 1 amide bonds.